The lowest BCUT2D eigenvalue weighted by Gasteiger charge is -2.15. The zero-order valence-electron chi connectivity index (χ0n) is 13.5. The van der Waals surface area contributed by atoms with Crippen LogP contribution in [0.5, 0.6) is 0 Å². The van der Waals surface area contributed by atoms with Crippen LogP contribution in [0.4, 0.5) is 8.78 Å². The van der Waals surface area contributed by atoms with Crippen LogP contribution in [0.2, 0.25) is 0 Å². The first kappa shape index (κ1) is 16.8. The third-order valence-electron chi connectivity index (χ3n) is 3.80. The summed E-state index contributed by atoms with van der Waals surface area (Å²) < 4.78 is 28.4. The van der Waals surface area contributed by atoms with Gasteiger partial charge >= 0.3 is 0 Å². The van der Waals surface area contributed by atoms with Gasteiger partial charge in [0.1, 0.15) is 24.3 Å². The Morgan fingerprint density at radius 3 is 2.60 bits per heavy atom. The molecule has 1 N–H and O–H groups in total. The van der Waals surface area contributed by atoms with Gasteiger partial charge in [-0.2, -0.15) is 5.10 Å². The molecular formula is C18H16F2N4O. The molecule has 25 heavy (non-hydrogen) atoms. The summed E-state index contributed by atoms with van der Waals surface area (Å²) >= 11 is 0. The molecule has 1 aromatic heterocycles. The second-order valence-corrected chi connectivity index (χ2v) is 5.65. The summed E-state index contributed by atoms with van der Waals surface area (Å²) in [7, 11) is 0. The fourth-order valence-electron chi connectivity index (χ4n) is 2.47. The zero-order chi connectivity index (χ0) is 17.8. The van der Waals surface area contributed by atoms with Crippen LogP contribution < -0.4 is 5.32 Å². The van der Waals surface area contributed by atoms with Crippen LogP contribution in [-0.4, -0.2) is 20.7 Å². The maximum atomic E-state index is 13.8. The lowest BCUT2D eigenvalue weighted by Crippen LogP contribution is -2.27. The number of nitrogens with one attached hydrogen (secondary N) is 1. The molecule has 7 heteroatoms. The Bertz CT molecular complexity index is 863. The van der Waals surface area contributed by atoms with Gasteiger partial charge in [0.2, 0.25) is 0 Å². The summed E-state index contributed by atoms with van der Waals surface area (Å²) in [6.45, 7) is 2.20. The van der Waals surface area contributed by atoms with E-state index < -0.39 is 17.7 Å². The van der Waals surface area contributed by atoms with Gasteiger partial charge in [0.15, 0.2) is 0 Å². The fraction of sp³-hybridized carbons (Fsp3) is 0.167. The van der Waals surface area contributed by atoms with Crippen molar-refractivity contribution in [2.45, 2.75) is 19.5 Å². The molecule has 0 aliphatic heterocycles. The summed E-state index contributed by atoms with van der Waals surface area (Å²) in [5, 5.41) is 6.73. The summed E-state index contributed by atoms with van der Waals surface area (Å²) in [5.74, 6) is -1.66. The minimum absolute atomic E-state index is 0.234. The van der Waals surface area contributed by atoms with Crippen molar-refractivity contribution in [1.29, 1.82) is 0 Å². The number of halogens is 2. The average molecular weight is 342 g/mol. The van der Waals surface area contributed by atoms with E-state index in [9.17, 15) is 13.6 Å². The highest BCUT2D eigenvalue weighted by molar-refractivity contribution is 5.94. The van der Waals surface area contributed by atoms with Gasteiger partial charge in [-0.15, -0.1) is 0 Å². The molecule has 3 aromatic rings. The van der Waals surface area contributed by atoms with E-state index in [-0.39, 0.29) is 11.5 Å². The van der Waals surface area contributed by atoms with Gasteiger partial charge in [0.25, 0.3) is 5.91 Å². The topological polar surface area (TPSA) is 59.8 Å². The molecule has 0 fully saturated rings. The van der Waals surface area contributed by atoms with E-state index in [1.54, 1.807) is 30.1 Å². The molecule has 0 aliphatic rings. The lowest BCUT2D eigenvalue weighted by atomic mass is 10.1. The third kappa shape index (κ3) is 4.06. The normalized spacial score (nSPS) is 12.0. The van der Waals surface area contributed by atoms with Gasteiger partial charge in [-0.1, -0.05) is 18.2 Å². The second kappa shape index (κ2) is 7.21. The number of hydrogen-bond acceptors (Lipinski definition) is 3. The Kier molecular flexibility index (Phi) is 4.83. The smallest absolute Gasteiger partial charge is 0.251 e. The quantitative estimate of drug-likeness (QED) is 0.775. The van der Waals surface area contributed by atoms with E-state index in [2.05, 4.69) is 15.4 Å². The molecule has 1 amide bonds. The predicted octanol–water partition coefficient (Wildman–Crippen LogP) is 3.10. The summed E-state index contributed by atoms with van der Waals surface area (Å²) in [6.07, 6.45) is 3.07. The van der Waals surface area contributed by atoms with Crippen LogP contribution in [0.1, 0.15) is 34.5 Å². The number of benzene rings is 2. The molecule has 3 rings (SSSR count). The largest absolute Gasteiger partial charge is 0.345 e. The van der Waals surface area contributed by atoms with Crippen LogP contribution in [0.15, 0.2) is 55.1 Å². The SMILES string of the molecule is CC(NC(=O)c1ccc(Cn2cncn2)cc1)c1ccc(F)cc1F. The van der Waals surface area contributed by atoms with E-state index in [0.29, 0.717) is 12.1 Å². The van der Waals surface area contributed by atoms with Crippen molar-refractivity contribution >= 4 is 5.91 Å². The van der Waals surface area contributed by atoms with Crippen molar-refractivity contribution in [3.05, 3.63) is 83.4 Å². The van der Waals surface area contributed by atoms with Crippen LogP contribution >= 0.6 is 0 Å². The zero-order valence-corrected chi connectivity index (χ0v) is 13.5. The molecule has 5 nitrogen and oxygen atoms in total. The molecule has 128 valence electrons. The number of carbonyl (C=O) groups excluding carboxylic acids is 1. The summed E-state index contributed by atoms with van der Waals surface area (Å²) in [4.78, 5) is 16.2. The molecule has 1 atom stereocenters. The Labute approximate surface area is 143 Å². The minimum atomic E-state index is -0.684. The van der Waals surface area contributed by atoms with Crippen LogP contribution in [0.25, 0.3) is 0 Å². The first-order valence-electron chi connectivity index (χ1n) is 7.70. The maximum Gasteiger partial charge on any atom is 0.251 e. The van der Waals surface area contributed by atoms with Crippen molar-refractivity contribution in [3.63, 3.8) is 0 Å². The highest BCUT2D eigenvalue weighted by Gasteiger charge is 2.15. The summed E-state index contributed by atoms with van der Waals surface area (Å²) in [6, 6.07) is 9.74. The first-order chi connectivity index (χ1) is 12.0. The number of amides is 1. The highest BCUT2D eigenvalue weighted by atomic mass is 19.1. The predicted molar refractivity (Wildman–Crippen MR) is 87.8 cm³/mol. The number of nitrogens with zero attached hydrogens (tertiary/aromatic N) is 3. The number of hydrogen-bond donors (Lipinski definition) is 1. The van der Waals surface area contributed by atoms with E-state index >= 15 is 0 Å². The van der Waals surface area contributed by atoms with Crippen molar-refractivity contribution in [3.8, 4) is 0 Å². The fourth-order valence-corrected chi connectivity index (χ4v) is 2.47. The maximum absolute atomic E-state index is 13.8. The molecule has 0 bridgehead atoms. The van der Waals surface area contributed by atoms with Crippen LogP contribution in [0.3, 0.4) is 0 Å². The molecule has 0 saturated heterocycles. The highest BCUT2D eigenvalue weighted by Crippen LogP contribution is 2.18. The molecule has 0 saturated carbocycles. The van der Waals surface area contributed by atoms with Crippen molar-refractivity contribution in [1.82, 2.24) is 20.1 Å². The molecule has 1 heterocycles. The molecule has 2 aromatic carbocycles. The Morgan fingerprint density at radius 1 is 1.20 bits per heavy atom. The minimum Gasteiger partial charge on any atom is -0.345 e. The van der Waals surface area contributed by atoms with Crippen LogP contribution in [-0.2, 0) is 6.54 Å². The van der Waals surface area contributed by atoms with Gasteiger partial charge in [0, 0.05) is 17.2 Å². The lowest BCUT2D eigenvalue weighted by molar-refractivity contribution is 0.0939. The molecule has 0 radical (unpaired) electrons. The van der Waals surface area contributed by atoms with Crippen molar-refractivity contribution in [2.24, 2.45) is 0 Å². The number of aromatic nitrogens is 3. The Morgan fingerprint density at radius 2 is 1.96 bits per heavy atom. The average Bonchev–Trinajstić information content (AvgIpc) is 3.08. The molecule has 0 aliphatic carbocycles. The molecule has 0 spiro atoms. The van der Waals surface area contributed by atoms with E-state index in [1.807, 2.05) is 12.1 Å². The second-order valence-electron chi connectivity index (χ2n) is 5.65. The van der Waals surface area contributed by atoms with Crippen LogP contribution in [0, 0.1) is 11.6 Å². The standard InChI is InChI=1S/C18H16F2N4O/c1-12(16-7-6-15(19)8-17(16)20)23-18(25)14-4-2-13(3-5-14)9-24-11-21-10-22-24/h2-8,10-12H,9H2,1H3,(H,23,25). The van der Waals surface area contributed by atoms with E-state index in [1.165, 1.54) is 18.5 Å². The Balaban J connectivity index is 1.66. The Hall–Kier alpha value is -3.09. The van der Waals surface area contributed by atoms with E-state index in [4.69, 9.17) is 0 Å². The number of rotatable bonds is 5. The van der Waals surface area contributed by atoms with Gasteiger partial charge in [-0.05, 0) is 30.7 Å². The third-order valence-corrected chi connectivity index (χ3v) is 3.80. The summed E-state index contributed by atoms with van der Waals surface area (Å²) in [5.41, 5.74) is 1.66. The molecule has 1 unspecified atom stereocenters. The van der Waals surface area contributed by atoms with Crippen molar-refractivity contribution < 1.29 is 13.6 Å². The first-order valence-corrected chi connectivity index (χ1v) is 7.70. The number of carbonyl (C=O) groups is 1. The van der Waals surface area contributed by atoms with Gasteiger partial charge < -0.3 is 5.32 Å². The molecular weight excluding hydrogens is 326 g/mol. The van der Waals surface area contributed by atoms with Gasteiger partial charge in [-0.3, -0.25) is 4.79 Å². The monoisotopic (exact) mass is 342 g/mol. The van der Waals surface area contributed by atoms with Gasteiger partial charge in [0.05, 0.1) is 12.6 Å². The van der Waals surface area contributed by atoms with E-state index in [0.717, 1.165) is 11.6 Å². The van der Waals surface area contributed by atoms with Crippen molar-refractivity contribution in [2.75, 3.05) is 0 Å². The van der Waals surface area contributed by atoms with Gasteiger partial charge in [-0.25, -0.2) is 18.4 Å².